The molecule has 5 nitrogen and oxygen atoms in total. The van der Waals surface area contributed by atoms with Crippen LogP contribution in [0.2, 0.25) is 0 Å². The molecule has 0 radical (unpaired) electrons. The number of rotatable bonds is 10. The maximum absolute atomic E-state index is 12.8. The highest BCUT2D eigenvalue weighted by molar-refractivity contribution is 5.81. The third-order valence-electron chi connectivity index (χ3n) is 6.17. The normalized spacial score (nSPS) is 12.5. The van der Waals surface area contributed by atoms with Gasteiger partial charge < -0.3 is 10.1 Å². The van der Waals surface area contributed by atoms with Gasteiger partial charge in [0.05, 0.1) is 6.07 Å². The van der Waals surface area contributed by atoms with Gasteiger partial charge in [-0.2, -0.15) is 5.26 Å². The molecule has 0 saturated heterocycles. The quantitative estimate of drug-likeness (QED) is 0.256. The number of aromatic nitrogens is 1. The van der Waals surface area contributed by atoms with Gasteiger partial charge in [0.25, 0.3) is 0 Å². The molecule has 1 N–H and O–H groups in total. The van der Waals surface area contributed by atoms with Crippen molar-refractivity contribution in [1.29, 1.82) is 5.26 Å². The third-order valence-corrected chi connectivity index (χ3v) is 6.17. The Bertz CT molecular complexity index is 1310. The Labute approximate surface area is 218 Å². The van der Waals surface area contributed by atoms with E-state index in [-0.39, 0.29) is 18.4 Å². The molecule has 0 aliphatic carbocycles. The maximum Gasteiger partial charge on any atom is 0.250 e. The lowest BCUT2D eigenvalue weighted by Gasteiger charge is -2.26. The van der Waals surface area contributed by atoms with Crippen LogP contribution in [0.1, 0.15) is 37.5 Å². The Morgan fingerprint density at radius 1 is 0.811 bits per heavy atom. The smallest absolute Gasteiger partial charge is 0.250 e. The van der Waals surface area contributed by atoms with E-state index in [9.17, 15) is 4.79 Å². The van der Waals surface area contributed by atoms with Gasteiger partial charge in [0.1, 0.15) is 18.8 Å². The number of nitrogens with zero attached hydrogens (tertiary/aromatic N) is 2. The number of ether oxygens (including phenoxy) is 1. The predicted octanol–water partition coefficient (Wildman–Crippen LogP) is 6.58. The monoisotopic (exact) mass is 489 g/mol. The molecule has 5 heteroatoms. The van der Waals surface area contributed by atoms with Crippen molar-refractivity contribution in [3.8, 4) is 28.3 Å². The molecule has 0 aliphatic rings. The summed E-state index contributed by atoms with van der Waals surface area (Å²) < 4.78 is 6.48. The van der Waals surface area contributed by atoms with E-state index in [0.29, 0.717) is 6.42 Å². The lowest BCUT2D eigenvalue weighted by molar-refractivity contribution is -0.136. The molecule has 0 spiro atoms. The van der Waals surface area contributed by atoms with Crippen molar-refractivity contribution < 1.29 is 9.53 Å². The molecule has 0 aliphatic heterocycles. The van der Waals surface area contributed by atoms with Crippen LogP contribution >= 0.6 is 0 Å². The minimum atomic E-state index is -0.668. The van der Waals surface area contributed by atoms with Crippen LogP contribution in [0, 0.1) is 17.2 Å². The van der Waals surface area contributed by atoms with Crippen LogP contribution in [0.15, 0.2) is 103 Å². The average Bonchev–Trinajstić information content (AvgIpc) is 2.95. The number of carbonyl (C=O) groups excluding carboxylic acids is 1. The summed E-state index contributed by atoms with van der Waals surface area (Å²) in [5.41, 5.74) is 6.43. The first-order valence-corrected chi connectivity index (χ1v) is 12.5. The minimum absolute atomic E-state index is 0.0402. The summed E-state index contributed by atoms with van der Waals surface area (Å²) in [4.78, 5) is 16.9. The van der Waals surface area contributed by atoms with Crippen LogP contribution in [0.25, 0.3) is 22.3 Å². The van der Waals surface area contributed by atoms with E-state index >= 15 is 0 Å². The zero-order chi connectivity index (χ0) is 26.0. The molecule has 4 aromatic rings. The SMILES string of the molecule is CC(C)C[C@H](O[C@H](c1ccccc1)c1ccc(-c2ccc(-c3ccncc3)cc2)cc1)C(=O)NCC#N. The predicted molar refractivity (Wildman–Crippen MR) is 146 cm³/mol. The van der Waals surface area contributed by atoms with Gasteiger partial charge >= 0.3 is 0 Å². The van der Waals surface area contributed by atoms with Crippen molar-refractivity contribution in [2.45, 2.75) is 32.5 Å². The Balaban J connectivity index is 1.59. The van der Waals surface area contributed by atoms with Crippen LogP contribution in [0.4, 0.5) is 0 Å². The number of nitriles is 1. The summed E-state index contributed by atoms with van der Waals surface area (Å²) in [7, 11) is 0. The molecule has 1 heterocycles. The molecular weight excluding hydrogens is 458 g/mol. The zero-order valence-electron chi connectivity index (χ0n) is 21.2. The van der Waals surface area contributed by atoms with Crippen molar-refractivity contribution in [3.05, 3.63) is 115 Å². The van der Waals surface area contributed by atoms with Gasteiger partial charge in [0.15, 0.2) is 0 Å². The molecular formula is C32H31N3O2. The fourth-order valence-electron chi connectivity index (χ4n) is 4.28. The van der Waals surface area contributed by atoms with E-state index in [1.807, 2.05) is 48.5 Å². The number of pyridine rings is 1. The first-order valence-electron chi connectivity index (χ1n) is 12.5. The van der Waals surface area contributed by atoms with Crippen molar-refractivity contribution in [1.82, 2.24) is 10.3 Å². The standard InChI is InChI=1S/C32H31N3O2/c1-23(2)22-30(32(36)35-21-18-33)37-31(28-6-4-3-5-7-28)29-14-12-25(13-15-29)24-8-10-26(11-9-24)27-16-19-34-20-17-27/h3-17,19-20,23,30-31H,21-22H2,1-2H3,(H,35,36)/t30-,31+/m0/s1. The molecule has 37 heavy (non-hydrogen) atoms. The third kappa shape index (κ3) is 6.91. The van der Waals surface area contributed by atoms with Crippen molar-refractivity contribution in [2.75, 3.05) is 6.54 Å². The molecule has 1 aromatic heterocycles. The van der Waals surface area contributed by atoms with Gasteiger partial charge in [0, 0.05) is 12.4 Å². The second kappa shape index (κ2) is 12.6. The van der Waals surface area contributed by atoms with Crippen LogP contribution in [0.3, 0.4) is 0 Å². The van der Waals surface area contributed by atoms with Gasteiger partial charge in [-0.1, -0.05) is 92.7 Å². The second-order valence-electron chi connectivity index (χ2n) is 9.36. The number of hydrogen-bond acceptors (Lipinski definition) is 4. The Kier molecular flexibility index (Phi) is 8.80. The van der Waals surface area contributed by atoms with Gasteiger partial charge in [-0.25, -0.2) is 0 Å². The number of carbonyl (C=O) groups is 1. The average molecular weight is 490 g/mol. The highest BCUT2D eigenvalue weighted by Gasteiger charge is 2.26. The van der Waals surface area contributed by atoms with Crippen LogP contribution in [-0.4, -0.2) is 23.5 Å². The van der Waals surface area contributed by atoms with Gasteiger partial charge in [-0.3, -0.25) is 9.78 Å². The first kappa shape index (κ1) is 25.8. The molecule has 0 fully saturated rings. The molecule has 0 unspecified atom stereocenters. The van der Waals surface area contributed by atoms with Crippen molar-refractivity contribution in [3.63, 3.8) is 0 Å². The summed E-state index contributed by atoms with van der Waals surface area (Å²) in [6, 6.07) is 32.7. The summed E-state index contributed by atoms with van der Waals surface area (Å²) in [5, 5.41) is 11.6. The highest BCUT2D eigenvalue weighted by Crippen LogP contribution is 2.31. The Morgan fingerprint density at radius 3 is 1.86 bits per heavy atom. The summed E-state index contributed by atoms with van der Waals surface area (Å²) >= 11 is 0. The van der Waals surface area contributed by atoms with Crippen LogP contribution in [0.5, 0.6) is 0 Å². The molecule has 186 valence electrons. The van der Waals surface area contributed by atoms with Crippen molar-refractivity contribution in [2.24, 2.45) is 5.92 Å². The van der Waals surface area contributed by atoms with Crippen molar-refractivity contribution >= 4 is 5.91 Å². The summed E-state index contributed by atoms with van der Waals surface area (Å²) in [6.07, 6.45) is 3.07. The first-order chi connectivity index (χ1) is 18.0. The number of hydrogen-bond donors (Lipinski definition) is 1. The Morgan fingerprint density at radius 2 is 1.32 bits per heavy atom. The molecule has 2 atom stereocenters. The van der Waals surface area contributed by atoms with E-state index in [2.05, 4.69) is 72.7 Å². The van der Waals surface area contributed by atoms with Crippen LogP contribution in [-0.2, 0) is 9.53 Å². The Hall–Kier alpha value is -4.27. The van der Waals surface area contributed by atoms with Gasteiger partial charge in [-0.15, -0.1) is 0 Å². The van der Waals surface area contributed by atoms with E-state index < -0.39 is 12.2 Å². The fraction of sp³-hybridized carbons (Fsp3) is 0.219. The molecule has 0 bridgehead atoms. The fourth-order valence-corrected chi connectivity index (χ4v) is 4.28. The highest BCUT2D eigenvalue weighted by atomic mass is 16.5. The van der Waals surface area contributed by atoms with E-state index in [4.69, 9.17) is 10.00 Å². The summed E-state index contributed by atoms with van der Waals surface area (Å²) in [6.45, 7) is 4.07. The molecule has 0 saturated carbocycles. The number of nitrogens with one attached hydrogen (secondary N) is 1. The molecule has 4 rings (SSSR count). The largest absolute Gasteiger partial charge is 0.356 e. The lowest BCUT2D eigenvalue weighted by atomic mass is 9.96. The second-order valence-corrected chi connectivity index (χ2v) is 9.36. The van der Waals surface area contributed by atoms with Gasteiger partial charge in [0.2, 0.25) is 5.91 Å². The maximum atomic E-state index is 12.8. The minimum Gasteiger partial charge on any atom is -0.356 e. The number of benzene rings is 3. The van der Waals surface area contributed by atoms with E-state index in [1.165, 1.54) is 0 Å². The zero-order valence-corrected chi connectivity index (χ0v) is 21.2. The molecule has 3 aromatic carbocycles. The lowest BCUT2D eigenvalue weighted by Crippen LogP contribution is -2.38. The summed E-state index contributed by atoms with van der Waals surface area (Å²) in [5.74, 6) is -0.00570. The van der Waals surface area contributed by atoms with Crippen LogP contribution < -0.4 is 5.32 Å². The number of amides is 1. The topological polar surface area (TPSA) is 75.0 Å². The van der Waals surface area contributed by atoms with E-state index in [1.54, 1.807) is 12.4 Å². The molecule has 1 amide bonds. The van der Waals surface area contributed by atoms with E-state index in [0.717, 1.165) is 33.4 Å². The van der Waals surface area contributed by atoms with Gasteiger partial charge in [-0.05, 0) is 57.9 Å².